The van der Waals surface area contributed by atoms with Gasteiger partial charge >= 0.3 is 0 Å². The Hall–Kier alpha value is -1.84. The molecule has 4 nitrogen and oxygen atoms in total. The molecule has 0 radical (unpaired) electrons. The van der Waals surface area contributed by atoms with Gasteiger partial charge in [0.05, 0.1) is 0 Å². The molecule has 2 amide bonds. The molecule has 0 saturated carbocycles. The van der Waals surface area contributed by atoms with Crippen LogP contribution in [-0.4, -0.2) is 29.3 Å². The monoisotopic (exact) mass is 274 g/mol. The fraction of sp³-hybridized carbons (Fsp3) is 0.500. The summed E-state index contributed by atoms with van der Waals surface area (Å²) >= 11 is 0. The largest absolute Gasteiger partial charge is 0.344 e. The number of nitrogens with one attached hydrogen (secondary N) is 1. The fourth-order valence-electron chi connectivity index (χ4n) is 2.49. The minimum Gasteiger partial charge on any atom is -0.344 e. The Kier molecular flexibility index (Phi) is 4.77. The Morgan fingerprint density at radius 1 is 1.25 bits per heavy atom. The molecule has 1 saturated heterocycles. The molecule has 0 bridgehead atoms. The van der Waals surface area contributed by atoms with Gasteiger partial charge in [0.1, 0.15) is 6.04 Å². The van der Waals surface area contributed by atoms with Crippen molar-refractivity contribution in [2.24, 2.45) is 5.92 Å². The first kappa shape index (κ1) is 14.6. The van der Waals surface area contributed by atoms with Gasteiger partial charge in [0.15, 0.2) is 0 Å². The highest BCUT2D eigenvalue weighted by atomic mass is 16.2. The summed E-state index contributed by atoms with van der Waals surface area (Å²) in [6.07, 6.45) is 1.07. The van der Waals surface area contributed by atoms with Crippen LogP contribution in [0.2, 0.25) is 0 Å². The van der Waals surface area contributed by atoms with Crippen molar-refractivity contribution in [2.45, 2.75) is 39.3 Å². The van der Waals surface area contributed by atoms with Gasteiger partial charge in [-0.1, -0.05) is 44.2 Å². The van der Waals surface area contributed by atoms with Crippen LogP contribution in [0.3, 0.4) is 0 Å². The van der Waals surface area contributed by atoms with E-state index in [4.69, 9.17) is 0 Å². The van der Waals surface area contributed by atoms with Gasteiger partial charge in [-0.25, -0.2) is 0 Å². The van der Waals surface area contributed by atoms with Gasteiger partial charge in [0.25, 0.3) is 0 Å². The predicted octanol–water partition coefficient (Wildman–Crippen LogP) is 1.95. The average Bonchev–Trinajstić information content (AvgIpc) is 2.53. The van der Waals surface area contributed by atoms with E-state index in [1.165, 1.54) is 0 Å². The molecule has 20 heavy (non-hydrogen) atoms. The van der Waals surface area contributed by atoms with Crippen LogP contribution in [0.25, 0.3) is 0 Å². The van der Waals surface area contributed by atoms with E-state index in [1.54, 1.807) is 4.90 Å². The SMILES string of the molecule is CC(C)C[C@@H]1NC(=O)CCN(Cc2ccccc2)C1=O. The van der Waals surface area contributed by atoms with Crippen molar-refractivity contribution in [2.75, 3.05) is 6.54 Å². The van der Waals surface area contributed by atoms with E-state index in [2.05, 4.69) is 19.2 Å². The molecular weight excluding hydrogens is 252 g/mol. The summed E-state index contributed by atoms with van der Waals surface area (Å²) < 4.78 is 0. The van der Waals surface area contributed by atoms with E-state index in [0.717, 1.165) is 5.56 Å². The van der Waals surface area contributed by atoms with Crippen molar-refractivity contribution in [3.8, 4) is 0 Å². The van der Waals surface area contributed by atoms with Crippen LogP contribution in [0.4, 0.5) is 0 Å². The first-order valence-electron chi connectivity index (χ1n) is 7.18. The van der Waals surface area contributed by atoms with Crippen LogP contribution < -0.4 is 5.32 Å². The van der Waals surface area contributed by atoms with Crippen LogP contribution in [0, 0.1) is 5.92 Å². The van der Waals surface area contributed by atoms with Crippen molar-refractivity contribution < 1.29 is 9.59 Å². The predicted molar refractivity (Wildman–Crippen MR) is 77.9 cm³/mol. The second-order valence-corrected chi connectivity index (χ2v) is 5.75. The molecule has 0 unspecified atom stereocenters. The molecule has 1 aromatic carbocycles. The smallest absolute Gasteiger partial charge is 0.245 e. The summed E-state index contributed by atoms with van der Waals surface area (Å²) in [5.74, 6) is 0.383. The number of nitrogens with zero attached hydrogens (tertiary/aromatic N) is 1. The van der Waals surface area contributed by atoms with E-state index in [9.17, 15) is 9.59 Å². The molecule has 0 aliphatic carbocycles. The molecule has 1 N–H and O–H groups in total. The van der Waals surface area contributed by atoms with Gasteiger partial charge in [-0.3, -0.25) is 9.59 Å². The molecule has 4 heteroatoms. The summed E-state index contributed by atoms with van der Waals surface area (Å²) in [6, 6.07) is 9.52. The van der Waals surface area contributed by atoms with E-state index in [-0.39, 0.29) is 17.9 Å². The van der Waals surface area contributed by atoms with Gasteiger partial charge < -0.3 is 10.2 Å². The lowest BCUT2D eigenvalue weighted by Crippen LogP contribution is -2.45. The zero-order chi connectivity index (χ0) is 14.5. The Morgan fingerprint density at radius 3 is 2.60 bits per heavy atom. The van der Waals surface area contributed by atoms with Crippen molar-refractivity contribution >= 4 is 11.8 Å². The molecule has 0 aromatic heterocycles. The summed E-state index contributed by atoms with van der Waals surface area (Å²) in [6.45, 7) is 5.19. The Balaban J connectivity index is 2.11. The van der Waals surface area contributed by atoms with E-state index in [0.29, 0.717) is 31.8 Å². The van der Waals surface area contributed by atoms with E-state index in [1.807, 2.05) is 30.3 Å². The quantitative estimate of drug-likeness (QED) is 0.912. The molecule has 1 heterocycles. The number of amides is 2. The molecule has 2 rings (SSSR count). The second-order valence-electron chi connectivity index (χ2n) is 5.75. The summed E-state index contributed by atoms with van der Waals surface area (Å²) in [5.41, 5.74) is 1.10. The maximum atomic E-state index is 12.5. The number of hydrogen-bond donors (Lipinski definition) is 1. The second kappa shape index (κ2) is 6.55. The average molecular weight is 274 g/mol. The summed E-state index contributed by atoms with van der Waals surface area (Å²) in [7, 11) is 0. The summed E-state index contributed by atoms with van der Waals surface area (Å²) in [5, 5.41) is 2.85. The van der Waals surface area contributed by atoms with Crippen LogP contribution in [0.15, 0.2) is 30.3 Å². The Morgan fingerprint density at radius 2 is 1.95 bits per heavy atom. The number of benzene rings is 1. The third-order valence-electron chi connectivity index (χ3n) is 3.48. The molecule has 1 fully saturated rings. The number of carbonyl (C=O) groups is 2. The lowest BCUT2D eigenvalue weighted by molar-refractivity contribution is -0.134. The van der Waals surface area contributed by atoms with E-state index >= 15 is 0 Å². The Labute approximate surface area is 120 Å². The Bertz CT molecular complexity index is 471. The number of carbonyl (C=O) groups excluding carboxylic acids is 2. The lowest BCUT2D eigenvalue weighted by Gasteiger charge is -2.25. The lowest BCUT2D eigenvalue weighted by atomic mass is 10.0. The molecule has 0 spiro atoms. The van der Waals surface area contributed by atoms with Gasteiger partial charge in [-0.15, -0.1) is 0 Å². The van der Waals surface area contributed by atoms with Crippen LogP contribution in [0.5, 0.6) is 0 Å². The molecule has 1 aliphatic rings. The van der Waals surface area contributed by atoms with Crippen LogP contribution >= 0.6 is 0 Å². The van der Waals surface area contributed by atoms with Gasteiger partial charge in [-0.2, -0.15) is 0 Å². The zero-order valence-corrected chi connectivity index (χ0v) is 12.1. The fourth-order valence-corrected chi connectivity index (χ4v) is 2.49. The molecule has 1 atom stereocenters. The molecule has 1 aromatic rings. The van der Waals surface area contributed by atoms with E-state index < -0.39 is 0 Å². The maximum absolute atomic E-state index is 12.5. The minimum absolute atomic E-state index is 0.0282. The maximum Gasteiger partial charge on any atom is 0.245 e. The zero-order valence-electron chi connectivity index (χ0n) is 12.1. The minimum atomic E-state index is -0.381. The molecule has 108 valence electrons. The summed E-state index contributed by atoms with van der Waals surface area (Å²) in [4.78, 5) is 26.1. The van der Waals surface area contributed by atoms with Crippen molar-refractivity contribution in [3.63, 3.8) is 0 Å². The highest BCUT2D eigenvalue weighted by Gasteiger charge is 2.30. The van der Waals surface area contributed by atoms with Crippen molar-refractivity contribution in [3.05, 3.63) is 35.9 Å². The van der Waals surface area contributed by atoms with Crippen molar-refractivity contribution in [1.82, 2.24) is 10.2 Å². The number of rotatable bonds is 4. The standard InChI is InChI=1S/C16H22N2O2/c1-12(2)10-14-16(20)18(9-8-15(19)17-14)11-13-6-4-3-5-7-13/h3-7,12,14H,8-11H2,1-2H3,(H,17,19)/t14-/m0/s1. The van der Waals surface area contributed by atoms with Crippen LogP contribution in [0.1, 0.15) is 32.3 Å². The highest BCUT2D eigenvalue weighted by molar-refractivity contribution is 5.89. The first-order valence-corrected chi connectivity index (χ1v) is 7.18. The van der Waals surface area contributed by atoms with Crippen LogP contribution in [-0.2, 0) is 16.1 Å². The highest BCUT2D eigenvalue weighted by Crippen LogP contribution is 2.14. The topological polar surface area (TPSA) is 49.4 Å². The van der Waals surface area contributed by atoms with Crippen molar-refractivity contribution in [1.29, 1.82) is 0 Å². The third-order valence-corrected chi connectivity index (χ3v) is 3.48. The number of hydrogen-bond acceptors (Lipinski definition) is 2. The first-order chi connectivity index (χ1) is 9.56. The van der Waals surface area contributed by atoms with Gasteiger partial charge in [0.2, 0.25) is 11.8 Å². The molecular formula is C16H22N2O2. The van der Waals surface area contributed by atoms with Gasteiger partial charge in [-0.05, 0) is 17.9 Å². The normalized spacial score (nSPS) is 19.9. The van der Waals surface area contributed by atoms with Gasteiger partial charge in [0, 0.05) is 19.5 Å². The third kappa shape index (κ3) is 3.83. The molecule has 1 aliphatic heterocycles.